The van der Waals surface area contributed by atoms with E-state index in [4.69, 9.17) is 16.3 Å². The minimum absolute atomic E-state index is 0.0438. The van der Waals surface area contributed by atoms with Crippen molar-refractivity contribution in [3.05, 3.63) is 124 Å². The largest absolute Gasteiger partial charge is 0.497 e. The summed E-state index contributed by atoms with van der Waals surface area (Å²) in [4.78, 5) is 26.9. The number of benzene rings is 4. The normalized spacial score (nSPS) is 10.7. The quantitative estimate of drug-likeness (QED) is 0.230. The van der Waals surface area contributed by atoms with Gasteiger partial charge in [0.15, 0.2) is 0 Å². The van der Waals surface area contributed by atoms with E-state index in [1.54, 1.807) is 37.4 Å². The molecule has 0 saturated carbocycles. The average Bonchev–Trinajstić information content (AvgIpc) is 2.94. The third kappa shape index (κ3) is 7.24. The number of aryl methyl sites for hydroxylation is 1. The molecule has 5 nitrogen and oxygen atoms in total. The van der Waals surface area contributed by atoms with Crippen molar-refractivity contribution in [2.45, 2.75) is 25.8 Å². The molecule has 0 aliphatic carbocycles. The second-order valence-electron chi connectivity index (χ2n) is 9.12. The highest BCUT2D eigenvalue weighted by Gasteiger charge is 2.16. The molecule has 0 unspecified atom stereocenters. The number of aromatic carboxylic acids is 1. The van der Waals surface area contributed by atoms with Gasteiger partial charge in [-0.3, -0.25) is 4.79 Å². The summed E-state index contributed by atoms with van der Waals surface area (Å²) < 4.78 is 5.24. The van der Waals surface area contributed by atoms with Gasteiger partial charge in [-0.1, -0.05) is 78.3 Å². The molecule has 4 rings (SSSR count). The first-order chi connectivity index (χ1) is 18.4. The zero-order valence-electron chi connectivity index (χ0n) is 21.3. The molecular formula is C32H30ClNO4. The number of nitrogens with zero attached hydrogens (tertiary/aromatic N) is 1. The number of methoxy groups -OCH3 is 1. The maximum atomic E-state index is 13.3. The van der Waals surface area contributed by atoms with Crippen LogP contribution in [0.2, 0.25) is 5.02 Å². The Bertz CT molecular complexity index is 1370. The summed E-state index contributed by atoms with van der Waals surface area (Å²) >= 11 is 6.01. The molecule has 0 heterocycles. The number of carbonyl (C=O) groups is 2. The molecule has 194 valence electrons. The van der Waals surface area contributed by atoms with Crippen LogP contribution in [0.3, 0.4) is 0 Å². The fourth-order valence-electron chi connectivity index (χ4n) is 4.38. The lowest BCUT2D eigenvalue weighted by molar-refractivity contribution is -0.131. The Kier molecular flexibility index (Phi) is 9.17. The second kappa shape index (κ2) is 12.9. The monoisotopic (exact) mass is 527 g/mol. The molecule has 0 fully saturated rings. The number of hydrogen-bond acceptors (Lipinski definition) is 3. The molecule has 0 aliphatic rings. The summed E-state index contributed by atoms with van der Waals surface area (Å²) in [6.07, 6.45) is 1.96. The van der Waals surface area contributed by atoms with Crippen LogP contribution in [-0.4, -0.2) is 35.5 Å². The fraction of sp³-hybridized carbons (Fsp3) is 0.188. The van der Waals surface area contributed by atoms with Gasteiger partial charge in [0.05, 0.1) is 19.1 Å². The third-order valence-corrected chi connectivity index (χ3v) is 6.72. The highest BCUT2D eigenvalue weighted by Crippen LogP contribution is 2.25. The summed E-state index contributed by atoms with van der Waals surface area (Å²) in [5.41, 5.74) is 4.85. The Labute approximate surface area is 228 Å². The summed E-state index contributed by atoms with van der Waals surface area (Å²) in [6, 6.07) is 30.0. The number of carboxylic acids is 1. The maximum Gasteiger partial charge on any atom is 0.336 e. The summed E-state index contributed by atoms with van der Waals surface area (Å²) in [5, 5.41) is 10.2. The van der Waals surface area contributed by atoms with Gasteiger partial charge in [0.25, 0.3) is 0 Å². The van der Waals surface area contributed by atoms with Crippen molar-refractivity contribution in [2.75, 3.05) is 13.7 Å². The van der Waals surface area contributed by atoms with Crippen molar-refractivity contribution in [1.82, 2.24) is 4.90 Å². The lowest BCUT2D eigenvalue weighted by Gasteiger charge is -2.23. The SMILES string of the molecule is COc1ccc(CCCN(Cc2ccc(-c3ccccc3C(=O)O)cc2)C(=O)Cc2ccc(Cl)cc2)cc1. The van der Waals surface area contributed by atoms with Gasteiger partial charge in [0.2, 0.25) is 5.91 Å². The van der Waals surface area contributed by atoms with Crippen LogP contribution in [0.4, 0.5) is 0 Å². The van der Waals surface area contributed by atoms with Crippen molar-refractivity contribution in [3.63, 3.8) is 0 Å². The van der Waals surface area contributed by atoms with Crippen LogP contribution >= 0.6 is 11.6 Å². The van der Waals surface area contributed by atoms with Crippen LogP contribution in [0, 0.1) is 0 Å². The number of carboxylic acid groups (broad SMARTS) is 1. The van der Waals surface area contributed by atoms with E-state index in [-0.39, 0.29) is 11.5 Å². The van der Waals surface area contributed by atoms with Crippen LogP contribution in [0.15, 0.2) is 97.1 Å². The molecule has 4 aromatic rings. The first-order valence-electron chi connectivity index (χ1n) is 12.5. The van der Waals surface area contributed by atoms with E-state index in [1.807, 2.05) is 71.6 Å². The minimum atomic E-state index is -0.958. The van der Waals surface area contributed by atoms with Gasteiger partial charge in [-0.05, 0) is 71.0 Å². The van der Waals surface area contributed by atoms with E-state index in [9.17, 15) is 14.7 Å². The first-order valence-corrected chi connectivity index (χ1v) is 12.9. The minimum Gasteiger partial charge on any atom is -0.497 e. The molecule has 1 amide bonds. The van der Waals surface area contributed by atoms with E-state index in [2.05, 4.69) is 0 Å². The molecular weight excluding hydrogens is 498 g/mol. The number of halogens is 1. The summed E-state index contributed by atoms with van der Waals surface area (Å²) in [7, 11) is 1.65. The highest BCUT2D eigenvalue weighted by atomic mass is 35.5. The van der Waals surface area contributed by atoms with Gasteiger partial charge in [-0.15, -0.1) is 0 Å². The zero-order chi connectivity index (χ0) is 26.9. The first kappa shape index (κ1) is 27.0. The topological polar surface area (TPSA) is 66.8 Å². The summed E-state index contributed by atoms with van der Waals surface area (Å²) in [6.45, 7) is 1.08. The molecule has 0 aromatic heterocycles. The number of hydrogen-bond donors (Lipinski definition) is 1. The second-order valence-corrected chi connectivity index (χ2v) is 9.55. The van der Waals surface area contributed by atoms with E-state index in [0.717, 1.165) is 35.3 Å². The third-order valence-electron chi connectivity index (χ3n) is 6.47. The number of amides is 1. The van der Waals surface area contributed by atoms with Gasteiger partial charge >= 0.3 is 5.97 Å². The average molecular weight is 528 g/mol. The van der Waals surface area contributed by atoms with Crippen molar-refractivity contribution >= 4 is 23.5 Å². The predicted molar refractivity (Wildman–Crippen MR) is 151 cm³/mol. The predicted octanol–water partition coefficient (Wildman–Crippen LogP) is 6.92. The molecule has 4 aromatic carbocycles. The lowest BCUT2D eigenvalue weighted by Crippen LogP contribution is -2.33. The molecule has 0 radical (unpaired) electrons. The maximum absolute atomic E-state index is 13.3. The highest BCUT2D eigenvalue weighted by molar-refractivity contribution is 6.30. The molecule has 38 heavy (non-hydrogen) atoms. The number of rotatable bonds is 11. The van der Waals surface area contributed by atoms with Crippen LogP contribution in [0.5, 0.6) is 5.75 Å². The Hall–Kier alpha value is -4.09. The van der Waals surface area contributed by atoms with Crippen LogP contribution in [0.1, 0.15) is 33.5 Å². The van der Waals surface area contributed by atoms with Crippen LogP contribution < -0.4 is 4.74 Å². The number of carbonyl (C=O) groups excluding carboxylic acids is 1. The van der Waals surface area contributed by atoms with E-state index in [0.29, 0.717) is 30.1 Å². The molecule has 1 N–H and O–H groups in total. The van der Waals surface area contributed by atoms with Crippen molar-refractivity contribution in [2.24, 2.45) is 0 Å². The Morgan fingerprint density at radius 3 is 2.11 bits per heavy atom. The van der Waals surface area contributed by atoms with E-state index >= 15 is 0 Å². The molecule has 6 heteroatoms. The Balaban J connectivity index is 1.48. The van der Waals surface area contributed by atoms with Gasteiger partial charge in [-0.2, -0.15) is 0 Å². The van der Waals surface area contributed by atoms with Gasteiger partial charge in [0.1, 0.15) is 5.75 Å². The molecule has 0 bridgehead atoms. The van der Waals surface area contributed by atoms with Crippen LogP contribution in [-0.2, 0) is 24.2 Å². The van der Waals surface area contributed by atoms with Gasteiger partial charge in [0, 0.05) is 18.1 Å². The molecule has 0 spiro atoms. The summed E-state index contributed by atoms with van der Waals surface area (Å²) in [5.74, 6) is -0.0918. The van der Waals surface area contributed by atoms with Crippen LogP contribution in [0.25, 0.3) is 11.1 Å². The fourth-order valence-corrected chi connectivity index (χ4v) is 4.50. The zero-order valence-corrected chi connectivity index (χ0v) is 22.0. The molecule has 0 saturated heterocycles. The van der Waals surface area contributed by atoms with Gasteiger partial charge in [-0.25, -0.2) is 4.79 Å². The van der Waals surface area contributed by atoms with E-state index < -0.39 is 5.97 Å². The molecule has 0 aliphatic heterocycles. The lowest BCUT2D eigenvalue weighted by atomic mass is 9.98. The Morgan fingerprint density at radius 1 is 0.816 bits per heavy atom. The Morgan fingerprint density at radius 2 is 1.45 bits per heavy atom. The molecule has 0 atom stereocenters. The smallest absolute Gasteiger partial charge is 0.336 e. The van der Waals surface area contributed by atoms with Crippen molar-refractivity contribution in [1.29, 1.82) is 0 Å². The van der Waals surface area contributed by atoms with Crippen molar-refractivity contribution in [3.8, 4) is 16.9 Å². The van der Waals surface area contributed by atoms with E-state index in [1.165, 1.54) is 5.56 Å². The standard InChI is InChI=1S/C32H30ClNO4/c1-38-28-18-12-23(13-19-28)5-4-20-34(31(35)21-24-10-16-27(33)17-11-24)22-25-8-14-26(15-9-25)29-6-2-3-7-30(29)32(36)37/h2-3,6-19H,4-5,20-22H2,1H3,(H,36,37). The van der Waals surface area contributed by atoms with Gasteiger partial charge < -0.3 is 14.7 Å². The van der Waals surface area contributed by atoms with Crippen molar-refractivity contribution < 1.29 is 19.4 Å². The number of ether oxygens (including phenoxy) is 1.